The molecule has 0 unspecified atom stereocenters. The third-order valence-corrected chi connectivity index (χ3v) is 3.00. The standard InChI is InChI=1S/C16H18N4O3/c1-20-11-13(10-18-20)5-8-15(21)17-9-12-3-6-14(7-4-12)19-16(22)23-2/h3-8,10-11H,9H2,1-2H3,(H,17,21)(H,19,22)/b8-5+. The first-order valence-electron chi connectivity index (χ1n) is 6.95. The monoisotopic (exact) mass is 314 g/mol. The van der Waals surface area contributed by atoms with Crippen molar-refractivity contribution in [2.24, 2.45) is 7.05 Å². The number of aromatic nitrogens is 2. The van der Waals surface area contributed by atoms with Crippen LogP contribution in [0.5, 0.6) is 0 Å². The van der Waals surface area contributed by atoms with Crippen molar-refractivity contribution in [1.82, 2.24) is 15.1 Å². The van der Waals surface area contributed by atoms with E-state index >= 15 is 0 Å². The number of carbonyl (C=O) groups excluding carboxylic acids is 2. The Morgan fingerprint density at radius 2 is 2.04 bits per heavy atom. The lowest BCUT2D eigenvalue weighted by atomic mass is 10.2. The Labute approximate surface area is 133 Å². The van der Waals surface area contributed by atoms with Crippen LogP contribution in [0.15, 0.2) is 42.7 Å². The van der Waals surface area contributed by atoms with E-state index in [4.69, 9.17) is 0 Å². The van der Waals surface area contributed by atoms with Gasteiger partial charge in [0.25, 0.3) is 0 Å². The van der Waals surface area contributed by atoms with Gasteiger partial charge in [0.2, 0.25) is 5.91 Å². The number of aryl methyl sites for hydroxylation is 1. The number of amides is 2. The highest BCUT2D eigenvalue weighted by atomic mass is 16.5. The highest BCUT2D eigenvalue weighted by Gasteiger charge is 2.01. The minimum Gasteiger partial charge on any atom is -0.453 e. The molecule has 0 bridgehead atoms. The van der Waals surface area contributed by atoms with Gasteiger partial charge in [0.1, 0.15) is 0 Å². The van der Waals surface area contributed by atoms with Crippen molar-refractivity contribution < 1.29 is 14.3 Å². The smallest absolute Gasteiger partial charge is 0.411 e. The van der Waals surface area contributed by atoms with Crippen molar-refractivity contribution in [2.45, 2.75) is 6.54 Å². The van der Waals surface area contributed by atoms with Crippen LogP contribution < -0.4 is 10.6 Å². The molecule has 1 aromatic carbocycles. The second-order valence-electron chi connectivity index (χ2n) is 4.81. The summed E-state index contributed by atoms with van der Waals surface area (Å²) in [6.07, 6.45) is 6.13. The molecule has 2 amide bonds. The van der Waals surface area contributed by atoms with Gasteiger partial charge >= 0.3 is 6.09 Å². The quantitative estimate of drug-likeness (QED) is 0.826. The van der Waals surface area contributed by atoms with Gasteiger partial charge in [0.05, 0.1) is 13.3 Å². The number of hydrogen-bond donors (Lipinski definition) is 2. The van der Waals surface area contributed by atoms with Crippen LogP contribution in [0.1, 0.15) is 11.1 Å². The topological polar surface area (TPSA) is 85.2 Å². The molecule has 0 saturated carbocycles. The Balaban J connectivity index is 1.82. The van der Waals surface area contributed by atoms with E-state index in [1.165, 1.54) is 13.2 Å². The fourth-order valence-corrected chi connectivity index (χ4v) is 1.82. The molecule has 0 radical (unpaired) electrons. The number of ether oxygens (including phenoxy) is 1. The van der Waals surface area contributed by atoms with Crippen LogP contribution in [-0.4, -0.2) is 28.9 Å². The molecule has 0 spiro atoms. The lowest BCUT2D eigenvalue weighted by Crippen LogP contribution is -2.20. The maximum absolute atomic E-state index is 11.7. The fourth-order valence-electron chi connectivity index (χ4n) is 1.82. The number of nitrogens with one attached hydrogen (secondary N) is 2. The third kappa shape index (κ3) is 5.31. The molecule has 0 atom stereocenters. The molecular weight excluding hydrogens is 296 g/mol. The van der Waals surface area contributed by atoms with Crippen LogP contribution in [0, 0.1) is 0 Å². The Morgan fingerprint density at radius 1 is 1.30 bits per heavy atom. The van der Waals surface area contributed by atoms with Crippen LogP contribution in [-0.2, 0) is 23.1 Å². The molecule has 2 rings (SSSR count). The van der Waals surface area contributed by atoms with Gasteiger partial charge in [-0.2, -0.15) is 5.10 Å². The van der Waals surface area contributed by atoms with Crippen molar-refractivity contribution in [3.63, 3.8) is 0 Å². The van der Waals surface area contributed by atoms with Gasteiger partial charge in [-0.25, -0.2) is 4.79 Å². The lowest BCUT2D eigenvalue weighted by Gasteiger charge is -2.06. The minimum atomic E-state index is -0.522. The van der Waals surface area contributed by atoms with Gasteiger partial charge in [-0.3, -0.25) is 14.8 Å². The second kappa shape index (κ2) is 7.79. The normalized spacial score (nSPS) is 10.5. The molecule has 1 heterocycles. The van der Waals surface area contributed by atoms with Gasteiger partial charge in [0.15, 0.2) is 0 Å². The van der Waals surface area contributed by atoms with Crippen LogP contribution >= 0.6 is 0 Å². The van der Waals surface area contributed by atoms with Crippen LogP contribution in [0.4, 0.5) is 10.5 Å². The number of carbonyl (C=O) groups is 2. The summed E-state index contributed by atoms with van der Waals surface area (Å²) in [6.45, 7) is 0.398. The van der Waals surface area contributed by atoms with Crippen LogP contribution in [0.2, 0.25) is 0 Å². The largest absolute Gasteiger partial charge is 0.453 e. The maximum atomic E-state index is 11.7. The third-order valence-electron chi connectivity index (χ3n) is 3.00. The van der Waals surface area contributed by atoms with E-state index in [0.717, 1.165) is 11.1 Å². The Kier molecular flexibility index (Phi) is 5.51. The Hall–Kier alpha value is -3.09. The number of nitrogens with zero attached hydrogens (tertiary/aromatic N) is 2. The molecule has 7 nitrogen and oxygen atoms in total. The summed E-state index contributed by atoms with van der Waals surface area (Å²) in [5.74, 6) is -0.189. The molecule has 2 N–H and O–H groups in total. The molecule has 0 aliphatic heterocycles. The number of benzene rings is 1. The predicted octanol–water partition coefficient (Wildman–Crippen LogP) is 1.93. The number of anilines is 1. The van der Waals surface area contributed by atoms with Crippen LogP contribution in [0.25, 0.3) is 6.08 Å². The predicted molar refractivity (Wildman–Crippen MR) is 86.6 cm³/mol. The van der Waals surface area contributed by atoms with Gasteiger partial charge in [-0.1, -0.05) is 12.1 Å². The molecule has 0 aliphatic carbocycles. The summed E-state index contributed by atoms with van der Waals surface area (Å²) in [4.78, 5) is 22.8. The van der Waals surface area contributed by atoms with Gasteiger partial charge < -0.3 is 10.1 Å². The summed E-state index contributed by atoms with van der Waals surface area (Å²) >= 11 is 0. The average Bonchev–Trinajstić information content (AvgIpc) is 2.97. The number of hydrogen-bond acceptors (Lipinski definition) is 4. The molecule has 0 aliphatic rings. The second-order valence-corrected chi connectivity index (χ2v) is 4.81. The zero-order valence-corrected chi connectivity index (χ0v) is 12.9. The average molecular weight is 314 g/mol. The summed E-state index contributed by atoms with van der Waals surface area (Å²) in [5.41, 5.74) is 2.41. The zero-order chi connectivity index (χ0) is 16.7. The van der Waals surface area contributed by atoms with Crippen molar-refractivity contribution in [2.75, 3.05) is 12.4 Å². The molecule has 120 valence electrons. The minimum absolute atomic E-state index is 0.189. The zero-order valence-electron chi connectivity index (χ0n) is 12.9. The molecule has 0 saturated heterocycles. The van der Waals surface area contributed by atoms with E-state index in [1.54, 1.807) is 29.1 Å². The van der Waals surface area contributed by atoms with Crippen molar-refractivity contribution in [3.8, 4) is 0 Å². The van der Waals surface area contributed by atoms with Crippen molar-refractivity contribution in [1.29, 1.82) is 0 Å². The Morgan fingerprint density at radius 3 is 2.65 bits per heavy atom. The van der Waals surface area contributed by atoms with E-state index in [0.29, 0.717) is 12.2 Å². The summed E-state index contributed by atoms with van der Waals surface area (Å²) < 4.78 is 6.18. The fraction of sp³-hybridized carbons (Fsp3) is 0.188. The summed E-state index contributed by atoms with van der Waals surface area (Å²) in [6, 6.07) is 7.11. The first kappa shape index (κ1) is 16.3. The number of methoxy groups -OCH3 is 1. The molecule has 0 fully saturated rings. The molecule has 23 heavy (non-hydrogen) atoms. The Bertz CT molecular complexity index is 704. The highest BCUT2D eigenvalue weighted by molar-refractivity contribution is 5.91. The molecular formula is C16H18N4O3. The van der Waals surface area contributed by atoms with E-state index in [-0.39, 0.29) is 5.91 Å². The molecule has 2 aromatic rings. The van der Waals surface area contributed by atoms with E-state index in [1.807, 2.05) is 25.4 Å². The summed E-state index contributed by atoms with van der Waals surface area (Å²) in [5, 5.41) is 9.36. The van der Waals surface area contributed by atoms with Gasteiger partial charge in [0, 0.05) is 37.1 Å². The van der Waals surface area contributed by atoms with E-state index in [9.17, 15) is 9.59 Å². The van der Waals surface area contributed by atoms with Crippen LogP contribution in [0.3, 0.4) is 0 Å². The highest BCUT2D eigenvalue weighted by Crippen LogP contribution is 2.09. The summed E-state index contributed by atoms with van der Waals surface area (Å²) in [7, 11) is 3.12. The SMILES string of the molecule is COC(=O)Nc1ccc(CNC(=O)/C=C/c2cnn(C)c2)cc1. The molecule has 7 heteroatoms. The number of rotatable bonds is 5. The first-order chi connectivity index (χ1) is 11.1. The van der Waals surface area contributed by atoms with Gasteiger partial charge in [-0.15, -0.1) is 0 Å². The van der Waals surface area contributed by atoms with E-state index < -0.39 is 6.09 Å². The van der Waals surface area contributed by atoms with E-state index in [2.05, 4.69) is 20.5 Å². The first-order valence-corrected chi connectivity index (χ1v) is 6.95. The van der Waals surface area contributed by atoms with Crippen molar-refractivity contribution in [3.05, 3.63) is 53.9 Å². The van der Waals surface area contributed by atoms with Crippen molar-refractivity contribution >= 4 is 23.8 Å². The lowest BCUT2D eigenvalue weighted by molar-refractivity contribution is -0.116. The molecule has 1 aromatic heterocycles. The maximum Gasteiger partial charge on any atom is 0.411 e. The van der Waals surface area contributed by atoms with Gasteiger partial charge in [-0.05, 0) is 23.8 Å².